The van der Waals surface area contributed by atoms with Crippen molar-refractivity contribution in [3.05, 3.63) is 28.5 Å². The molecular weight excluding hydrogens is 278 g/mol. The van der Waals surface area contributed by atoms with Gasteiger partial charge < -0.3 is 4.74 Å². The van der Waals surface area contributed by atoms with Crippen molar-refractivity contribution in [3.63, 3.8) is 0 Å². The van der Waals surface area contributed by atoms with Crippen LogP contribution in [0, 0.1) is 0 Å². The fraction of sp³-hybridized carbons (Fsp3) is 0.385. The van der Waals surface area contributed by atoms with Gasteiger partial charge in [-0.2, -0.15) is 5.10 Å². The highest BCUT2D eigenvalue weighted by Crippen LogP contribution is 2.28. The summed E-state index contributed by atoms with van der Waals surface area (Å²) in [5.41, 5.74) is 1.28. The largest absolute Gasteiger partial charge is 0.461 e. The molecule has 104 valence electrons. The number of carbonyl (C=O) groups excluding carboxylic acids is 2. The Morgan fingerprint density at radius 1 is 1.50 bits per heavy atom. The topological polar surface area (TPSA) is 74.1 Å². The zero-order chi connectivity index (χ0) is 14.1. The number of carbonyl (C=O) groups is 2. The van der Waals surface area contributed by atoms with Crippen LogP contribution in [0.25, 0.3) is 5.13 Å². The SMILES string of the molecule is CCOC(=O)c1nn(-c2nccs2)c2c1C(=O)CCC2. The third kappa shape index (κ3) is 2.03. The molecule has 0 saturated carbocycles. The van der Waals surface area contributed by atoms with Crippen LogP contribution >= 0.6 is 11.3 Å². The second kappa shape index (κ2) is 5.16. The molecule has 2 aromatic rings. The minimum Gasteiger partial charge on any atom is -0.461 e. The number of thiazole rings is 1. The number of Topliss-reactive ketones (excluding diaryl/α,β-unsaturated/α-hetero) is 1. The number of hydrogen-bond donors (Lipinski definition) is 0. The van der Waals surface area contributed by atoms with E-state index in [1.54, 1.807) is 17.8 Å². The average molecular weight is 291 g/mol. The highest BCUT2D eigenvalue weighted by molar-refractivity contribution is 7.12. The quantitative estimate of drug-likeness (QED) is 0.809. The first-order chi connectivity index (χ1) is 9.72. The van der Waals surface area contributed by atoms with Crippen molar-refractivity contribution >= 4 is 23.1 Å². The number of aromatic nitrogens is 3. The van der Waals surface area contributed by atoms with E-state index in [0.29, 0.717) is 23.5 Å². The molecule has 0 N–H and O–H groups in total. The van der Waals surface area contributed by atoms with Crippen LogP contribution in [0.1, 0.15) is 46.3 Å². The highest BCUT2D eigenvalue weighted by Gasteiger charge is 2.31. The number of rotatable bonds is 3. The number of ether oxygens (including phenoxy) is 1. The first-order valence-electron chi connectivity index (χ1n) is 6.44. The molecular formula is C13H13N3O3S. The molecule has 0 fully saturated rings. The Labute approximate surface area is 119 Å². The standard InChI is InChI=1S/C13H13N3O3S/c1-2-19-12(18)11-10-8(4-3-5-9(10)17)16(15-11)13-14-6-7-20-13/h6-7H,2-5H2,1H3. The summed E-state index contributed by atoms with van der Waals surface area (Å²) in [6.07, 6.45) is 3.60. The number of nitrogens with zero attached hydrogens (tertiary/aromatic N) is 3. The molecule has 2 aromatic heterocycles. The molecule has 20 heavy (non-hydrogen) atoms. The van der Waals surface area contributed by atoms with Crippen molar-refractivity contribution in [1.82, 2.24) is 14.8 Å². The van der Waals surface area contributed by atoms with Crippen LogP contribution in [0.3, 0.4) is 0 Å². The lowest BCUT2D eigenvalue weighted by Crippen LogP contribution is -2.15. The lowest BCUT2D eigenvalue weighted by Gasteiger charge is -2.11. The Morgan fingerprint density at radius 2 is 2.35 bits per heavy atom. The van der Waals surface area contributed by atoms with Gasteiger partial charge >= 0.3 is 5.97 Å². The predicted octanol–water partition coefficient (Wildman–Crippen LogP) is 2.02. The maximum atomic E-state index is 12.1. The van der Waals surface area contributed by atoms with E-state index in [4.69, 9.17) is 4.74 Å². The summed E-state index contributed by atoms with van der Waals surface area (Å²) in [5, 5.41) is 6.76. The van der Waals surface area contributed by atoms with E-state index in [0.717, 1.165) is 12.1 Å². The fourth-order valence-electron chi connectivity index (χ4n) is 2.34. The van der Waals surface area contributed by atoms with Gasteiger partial charge in [0.1, 0.15) is 0 Å². The monoisotopic (exact) mass is 291 g/mol. The summed E-state index contributed by atoms with van der Waals surface area (Å²) < 4.78 is 6.59. The highest BCUT2D eigenvalue weighted by atomic mass is 32.1. The van der Waals surface area contributed by atoms with Crippen LogP contribution in [-0.4, -0.2) is 33.1 Å². The number of ketones is 1. The van der Waals surface area contributed by atoms with Crippen LogP contribution < -0.4 is 0 Å². The van der Waals surface area contributed by atoms with Crippen LogP contribution in [0.4, 0.5) is 0 Å². The van der Waals surface area contributed by atoms with Crippen molar-refractivity contribution in [2.75, 3.05) is 6.61 Å². The van der Waals surface area contributed by atoms with Crippen molar-refractivity contribution in [1.29, 1.82) is 0 Å². The van der Waals surface area contributed by atoms with Gasteiger partial charge in [0.2, 0.25) is 5.13 Å². The maximum absolute atomic E-state index is 12.1. The Hall–Kier alpha value is -2.02. The van der Waals surface area contributed by atoms with E-state index >= 15 is 0 Å². The molecule has 0 saturated heterocycles. The summed E-state index contributed by atoms with van der Waals surface area (Å²) in [7, 11) is 0. The molecule has 1 aliphatic carbocycles. The normalized spacial score (nSPS) is 14.2. The van der Waals surface area contributed by atoms with E-state index in [9.17, 15) is 9.59 Å². The van der Waals surface area contributed by atoms with Crippen molar-refractivity contribution in [2.24, 2.45) is 0 Å². The molecule has 6 nitrogen and oxygen atoms in total. The Bertz CT molecular complexity index is 661. The van der Waals surface area contributed by atoms with E-state index in [1.165, 1.54) is 11.3 Å². The number of fused-ring (bicyclic) bond motifs is 1. The van der Waals surface area contributed by atoms with Gasteiger partial charge in [0.05, 0.1) is 17.9 Å². The lowest BCUT2D eigenvalue weighted by atomic mass is 9.94. The van der Waals surface area contributed by atoms with Crippen LogP contribution in [0.2, 0.25) is 0 Å². The number of esters is 1. The van der Waals surface area contributed by atoms with Gasteiger partial charge in [0.25, 0.3) is 0 Å². The summed E-state index contributed by atoms with van der Waals surface area (Å²) >= 11 is 1.41. The summed E-state index contributed by atoms with van der Waals surface area (Å²) in [5.74, 6) is -0.591. The lowest BCUT2D eigenvalue weighted by molar-refractivity contribution is 0.0515. The Balaban J connectivity index is 2.16. The third-order valence-corrected chi connectivity index (χ3v) is 3.89. The maximum Gasteiger partial charge on any atom is 0.359 e. The van der Waals surface area contributed by atoms with Gasteiger partial charge in [0, 0.05) is 18.0 Å². The van der Waals surface area contributed by atoms with E-state index in [2.05, 4.69) is 10.1 Å². The first-order valence-corrected chi connectivity index (χ1v) is 7.32. The van der Waals surface area contributed by atoms with Crippen molar-refractivity contribution in [3.8, 4) is 5.13 Å². The van der Waals surface area contributed by atoms with Crippen molar-refractivity contribution in [2.45, 2.75) is 26.2 Å². The van der Waals surface area contributed by atoms with E-state index in [1.807, 2.05) is 5.38 Å². The zero-order valence-electron chi connectivity index (χ0n) is 11.0. The smallest absolute Gasteiger partial charge is 0.359 e. The molecule has 0 atom stereocenters. The van der Waals surface area contributed by atoms with Gasteiger partial charge in [-0.05, 0) is 19.8 Å². The molecule has 1 aliphatic rings. The molecule has 7 heteroatoms. The van der Waals surface area contributed by atoms with Gasteiger partial charge in [0.15, 0.2) is 11.5 Å². The minimum atomic E-state index is -0.547. The van der Waals surface area contributed by atoms with Gasteiger partial charge in [-0.1, -0.05) is 0 Å². The molecule has 0 aromatic carbocycles. The fourth-order valence-corrected chi connectivity index (χ4v) is 2.96. The summed E-state index contributed by atoms with van der Waals surface area (Å²) in [6.45, 7) is 1.98. The average Bonchev–Trinajstić information content (AvgIpc) is 3.06. The first kappa shape index (κ1) is 13.0. The van der Waals surface area contributed by atoms with E-state index < -0.39 is 5.97 Å². The second-order valence-corrected chi connectivity index (χ2v) is 5.27. The Morgan fingerprint density at radius 3 is 3.05 bits per heavy atom. The molecule has 3 rings (SSSR count). The van der Waals surface area contributed by atoms with Crippen molar-refractivity contribution < 1.29 is 14.3 Å². The molecule has 0 unspecified atom stereocenters. The third-order valence-electron chi connectivity index (χ3n) is 3.15. The van der Waals surface area contributed by atoms with Crippen LogP contribution in [0.5, 0.6) is 0 Å². The van der Waals surface area contributed by atoms with Gasteiger partial charge in [-0.25, -0.2) is 14.5 Å². The van der Waals surface area contributed by atoms with Crippen LogP contribution in [0.15, 0.2) is 11.6 Å². The molecule has 0 bridgehead atoms. The zero-order valence-corrected chi connectivity index (χ0v) is 11.8. The molecule has 0 spiro atoms. The molecule has 0 aliphatic heterocycles. The van der Waals surface area contributed by atoms with Gasteiger partial charge in [-0.15, -0.1) is 11.3 Å². The predicted molar refractivity (Wildman–Crippen MR) is 72.5 cm³/mol. The summed E-state index contributed by atoms with van der Waals surface area (Å²) in [6, 6.07) is 0. The molecule has 0 amide bonds. The molecule has 2 heterocycles. The van der Waals surface area contributed by atoms with Gasteiger partial charge in [-0.3, -0.25) is 4.79 Å². The molecule has 0 radical (unpaired) electrons. The minimum absolute atomic E-state index is 0.0443. The Kier molecular flexibility index (Phi) is 3.35. The number of hydrogen-bond acceptors (Lipinski definition) is 6. The van der Waals surface area contributed by atoms with Crippen LogP contribution in [-0.2, 0) is 11.2 Å². The van der Waals surface area contributed by atoms with E-state index in [-0.39, 0.29) is 18.1 Å². The second-order valence-electron chi connectivity index (χ2n) is 4.39. The summed E-state index contributed by atoms with van der Waals surface area (Å²) in [4.78, 5) is 28.3.